The Morgan fingerprint density at radius 3 is 2.87 bits per heavy atom. The molecule has 0 N–H and O–H groups in total. The van der Waals surface area contributed by atoms with Crippen LogP contribution < -0.4 is 0 Å². The summed E-state index contributed by atoms with van der Waals surface area (Å²) in [7, 11) is 1.40. The second-order valence-electron chi connectivity index (χ2n) is 6.50. The van der Waals surface area contributed by atoms with Crippen LogP contribution in [0.3, 0.4) is 0 Å². The van der Waals surface area contributed by atoms with Crippen molar-refractivity contribution in [2.75, 3.05) is 12.9 Å². The van der Waals surface area contributed by atoms with E-state index in [4.69, 9.17) is 4.74 Å². The smallest absolute Gasteiger partial charge is 0.334 e. The molecule has 118 valence electrons. The molecule has 1 aliphatic carbocycles. The van der Waals surface area contributed by atoms with Crippen LogP contribution in [-0.2, 0) is 14.9 Å². The predicted octanol–water partition coefficient (Wildman–Crippen LogP) is 4.24. The van der Waals surface area contributed by atoms with Crippen molar-refractivity contribution < 1.29 is 9.53 Å². The van der Waals surface area contributed by atoms with E-state index in [1.165, 1.54) is 29.7 Å². The SMILES string of the molecule is COC(=O)C1=CC=C(C#Cc2ccc3c(c2)C(C)(C)CCS3)C1. The number of allylic oxidation sites excluding steroid dienone is 3. The topological polar surface area (TPSA) is 26.3 Å². The Kier molecular flexibility index (Phi) is 4.37. The van der Waals surface area contributed by atoms with Crippen LogP contribution in [0.15, 0.2) is 46.4 Å². The number of esters is 1. The zero-order chi connectivity index (χ0) is 16.4. The maximum Gasteiger partial charge on any atom is 0.334 e. The van der Waals surface area contributed by atoms with E-state index in [-0.39, 0.29) is 11.4 Å². The Morgan fingerprint density at radius 2 is 2.09 bits per heavy atom. The van der Waals surface area contributed by atoms with Gasteiger partial charge in [-0.05, 0) is 47.4 Å². The third-order valence-corrected chi connectivity index (χ3v) is 5.45. The molecule has 23 heavy (non-hydrogen) atoms. The molecule has 0 fully saturated rings. The summed E-state index contributed by atoms with van der Waals surface area (Å²) in [5, 5.41) is 0. The van der Waals surface area contributed by atoms with E-state index in [2.05, 4.69) is 43.9 Å². The Hall–Kier alpha value is -1.92. The molecule has 2 aliphatic rings. The average molecular weight is 324 g/mol. The maximum atomic E-state index is 11.5. The summed E-state index contributed by atoms with van der Waals surface area (Å²) in [4.78, 5) is 12.9. The van der Waals surface area contributed by atoms with Crippen molar-refractivity contribution in [3.8, 4) is 11.8 Å². The summed E-state index contributed by atoms with van der Waals surface area (Å²) in [5.41, 5.74) is 4.27. The van der Waals surface area contributed by atoms with Gasteiger partial charge >= 0.3 is 5.97 Å². The summed E-state index contributed by atoms with van der Waals surface area (Å²) < 4.78 is 4.74. The molecule has 1 aromatic rings. The molecule has 0 saturated heterocycles. The second kappa shape index (κ2) is 6.29. The van der Waals surface area contributed by atoms with E-state index in [0.717, 1.165) is 11.1 Å². The monoisotopic (exact) mass is 324 g/mol. The highest BCUT2D eigenvalue weighted by molar-refractivity contribution is 7.99. The van der Waals surface area contributed by atoms with Gasteiger partial charge in [0.15, 0.2) is 0 Å². The lowest BCUT2D eigenvalue weighted by Gasteiger charge is -2.32. The highest BCUT2D eigenvalue weighted by Gasteiger charge is 2.27. The number of hydrogen-bond donors (Lipinski definition) is 0. The molecule has 1 aliphatic heterocycles. The van der Waals surface area contributed by atoms with Crippen LogP contribution in [0, 0.1) is 11.8 Å². The number of benzene rings is 1. The Bertz CT molecular complexity index is 773. The second-order valence-corrected chi connectivity index (χ2v) is 7.63. The van der Waals surface area contributed by atoms with E-state index >= 15 is 0 Å². The quantitative estimate of drug-likeness (QED) is 0.571. The number of hydrogen-bond acceptors (Lipinski definition) is 3. The standard InChI is InChI=1S/C20H20O2S/c1-20(2)10-11-23-18-9-7-15(13-17(18)20)5-4-14-6-8-16(12-14)19(21)22-3/h6-9,13H,10-12H2,1-3H3. The lowest BCUT2D eigenvalue weighted by molar-refractivity contribution is -0.136. The minimum Gasteiger partial charge on any atom is -0.466 e. The van der Waals surface area contributed by atoms with Gasteiger partial charge in [-0.2, -0.15) is 0 Å². The van der Waals surface area contributed by atoms with E-state index in [0.29, 0.717) is 12.0 Å². The molecule has 0 unspecified atom stereocenters. The van der Waals surface area contributed by atoms with Crippen LogP contribution >= 0.6 is 11.8 Å². The molecule has 0 radical (unpaired) electrons. The van der Waals surface area contributed by atoms with Gasteiger partial charge in [0, 0.05) is 28.0 Å². The van der Waals surface area contributed by atoms with Crippen LogP contribution in [0.5, 0.6) is 0 Å². The lowest BCUT2D eigenvalue weighted by Crippen LogP contribution is -2.22. The predicted molar refractivity (Wildman–Crippen MR) is 94.5 cm³/mol. The molecule has 0 atom stereocenters. The van der Waals surface area contributed by atoms with E-state index in [9.17, 15) is 4.79 Å². The first-order valence-electron chi connectivity index (χ1n) is 7.77. The largest absolute Gasteiger partial charge is 0.466 e. The van der Waals surface area contributed by atoms with Crippen LogP contribution in [0.4, 0.5) is 0 Å². The normalized spacial score (nSPS) is 18.2. The van der Waals surface area contributed by atoms with Crippen molar-refractivity contribution in [3.05, 3.63) is 52.6 Å². The number of ether oxygens (including phenoxy) is 1. The first kappa shape index (κ1) is 16.0. The Morgan fingerprint density at radius 1 is 1.26 bits per heavy atom. The summed E-state index contributed by atoms with van der Waals surface area (Å²) in [6, 6.07) is 6.50. The van der Waals surface area contributed by atoms with E-state index < -0.39 is 0 Å². The maximum absolute atomic E-state index is 11.5. The zero-order valence-electron chi connectivity index (χ0n) is 13.7. The van der Waals surface area contributed by atoms with Crippen LogP contribution in [0.1, 0.15) is 37.8 Å². The minimum absolute atomic E-state index is 0.213. The molecular formula is C20H20O2S. The van der Waals surface area contributed by atoms with Gasteiger partial charge in [0.05, 0.1) is 7.11 Å². The number of carbonyl (C=O) groups is 1. The van der Waals surface area contributed by atoms with Gasteiger partial charge in [0.1, 0.15) is 0 Å². The van der Waals surface area contributed by atoms with Crippen molar-refractivity contribution in [1.82, 2.24) is 0 Å². The molecule has 0 amide bonds. The molecule has 3 rings (SSSR count). The Labute approximate surface area is 142 Å². The summed E-state index contributed by atoms with van der Waals surface area (Å²) >= 11 is 1.93. The van der Waals surface area contributed by atoms with Crippen LogP contribution in [0.25, 0.3) is 0 Å². The molecule has 0 saturated carbocycles. The van der Waals surface area contributed by atoms with E-state index in [1.807, 2.05) is 17.8 Å². The van der Waals surface area contributed by atoms with Crippen LogP contribution in [-0.4, -0.2) is 18.8 Å². The fraction of sp³-hybridized carbons (Fsp3) is 0.350. The van der Waals surface area contributed by atoms with Crippen molar-refractivity contribution in [3.63, 3.8) is 0 Å². The average Bonchev–Trinajstić information content (AvgIpc) is 3.01. The molecule has 2 nitrogen and oxygen atoms in total. The Balaban J connectivity index is 1.78. The highest BCUT2D eigenvalue weighted by atomic mass is 32.2. The zero-order valence-corrected chi connectivity index (χ0v) is 14.5. The number of carbonyl (C=O) groups excluding carboxylic acids is 1. The fourth-order valence-electron chi connectivity index (χ4n) is 2.85. The summed E-state index contributed by atoms with van der Waals surface area (Å²) in [5.74, 6) is 7.33. The number of methoxy groups -OCH3 is 1. The van der Waals surface area contributed by atoms with Gasteiger partial charge in [-0.3, -0.25) is 0 Å². The molecule has 3 heteroatoms. The summed E-state index contributed by atoms with van der Waals surface area (Å²) in [6.45, 7) is 4.60. The van der Waals surface area contributed by atoms with Crippen molar-refractivity contribution in [2.45, 2.75) is 37.0 Å². The fourth-order valence-corrected chi connectivity index (χ4v) is 4.33. The van der Waals surface area contributed by atoms with Gasteiger partial charge < -0.3 is 4.74 Å². The lowest BCUT2D eigenvalue weighted by atomic mass is 9.81. The highest BCUT2D eigenvalue weighted by Crippen LogP contribution is 2.41. The van der Waals surface area contributed by atoms with Crippen molar-refractivity contribution in [2.24, 2.45) is 0 Å². The molecule has 0 bridgehead atoms. The molecular weight excluding hydrogens is 304 g/mol. The number of thioether (sulfide) groups is 1. The third-order valence-electron chi connectivity index (χ3n) is 4.37. The van der Waals surface area contributed by atoms with Gasteiger partial charge in [-0.25, -0.2) is 4.79 Å². The molecule has 0 aromatic heterocycles. The van der Waals surface area contributed by atoms with Gasteiger partial charge in [-0.1, -0.05) is 31.8 Å². The third kappa shape index (κ3) is 3.38. The molecule has 1 aromatic carbocycles. The van der Waals surface area contributed by atoms with Crippen LogP contribution in [0.2, 0.25) is 0 Å². The van der Waals surface area contributed by atoms with Gasteiger partial charge in [-0.15, -0.1) is 11.8 Å². The first-order chi connectivity index (χ1) is 11.0. The van der Waals surface area contributed by atoms with Gasteiger partial charge in [0.2, 0.25) is 0 Å². The van der Waals surface area contributed by atoms with Crippen molar-refractivity contribution >= 4 is 17.7 Å². The van der Waals surface area contributed by atoms with E-state index in [1.54, 1.807) is 6.08 Å². The number of fused-ring (bicyclic) bond motifs is 1. The van der Waals surface area contributed by atoms with Gasteiger partial charge in [0.25, 0.3) is 0 Å². The molecule has 0 spiro atoms. The number of rotatable bonds is 1. The first-order valence-corrected chi connectivity index (χ1v) is 8.75. The minimum atomic E-state index is -0.273. The molecule has 1 heterocycles. The van der Waals surface area contributed by atoms with Crippen molar-refractivity contribution in [1.29, 1.82) is 0 Å². The summed E-state index contributed by atoms with van der Waals surface area (Å²) in [6.07, 6.45) is 5.45.